The van der Waals surface area contributed by atoms with Gasteiger partial charge < -0.3 is 19.7 Å². The molecule has 1 aliphatic heterocycles. The van der Waals surface area contributed by atoms with E-state index >= 15 is 0 Å². The molecule has 0 aliphatic carbocycles. The number of hydrogen-bond donors (Lipinski definition) is 1. The van der Waals surface area contributed by atoms with Gasteiger partial charge in [-0.1, -0.05) is 6.07 Å². The molecule has 1 N–H and O–H groups in total. The van der Waals surface area contributed by atoms with Crippen molar-refractivity contribution in [3.8, 4) is 11.5 Å². The van der Waals surface area contributed by atoms with E-state index in [2.05, 4.69) is 15.3 Å². The molecule has 148 valence electrons. The van der Waals surface area contributed by atoms with Crippen LogP contribution in [-0.4, -0.2) is 41.2 Å². The van der Waals surface area contributed by atoms with Crippen LogP contribution in [-0.2, 0) is 13.0 Å². The summed E-state index contributed by atoms with van der Waals surface area (Å²) in [7, 11) is 1.79. The number of likely N-dealkylation sites (N-methyl/N-ethyl adjacent to an activating group) is 1. The number of aromatic nitrogens is 2. The normalized spacial score (nSPS) is 11.9. The Morgan fingerprint density at radius 3 is 2.72 bits per heavy atom. The molecule has 7 nitrogen and oxygen atoms in total. The van der Waals surface area contributed by atoms with Gasteiger partial charge in [-0.2, -0.15) is 0 Å². The van der Waals surface area contributed by atoms with Crippen LogP contribution < -0.4 is 14.8 Å². The van der Waals surface area contributed by atoms with E-state index in [0.717, 1.165) is 34.7 Å². The molecule has 1 aromatic carbocycles. The zero-order valence-electron chi connectivity index (χ0n) is 16.2. The van der Waals surface area contributed by atoms with Crippen LogP contribution in [0.5, 0.6) is 11.5 Å². The summed E-state index contributed by atoms with van der Waals surface area (Å²) in [4.78, 5) is 22.6. The minimum atomic E-state index is -0.106. The first-order chi connectivity index (χ1) is 14.2. The lowest BCUT2D eigenvalue weighted by Gasteiger charge is -2.17. The molecular weight excluding hydrogens is 368 g/mol. The van der Waals surface area contributed by atoms with Crippen LogP contribution in [0, 0.1) is 0 Å². The fraction of sp³-hybridized carbons (Fsp3) is 0.227. The van der Waals surface area contributed by atoms with Crippen LogP contribution in [0.2, 0.25) is 0 Å². The van der Waals surface area contributed by atoms with Gasteiger partial charge in [0.2, 0.25) is 6.79 Å². The Bertz CT molecular complexity index is 994. The van der Waals surface area contributed by atoms with E-state index in [-0.39, 0.29) is 12.7 Å². The van der Waals surface area contributed by atoms with Crippen molar-refractivity contribution in [3.05, 3.63) is 77.9 Å². The Hall–Kier alpha value is -3.61. The number of benzene rings is 1. The Kier molecular flexibility index (Phi) is 5.56. The maximum atomic E-state index is 12.7. The highest BCUT2D eigenvalue weighted by atomic mass is 16.7. The third-order valence-corrected chi connectivity index (χ3v) is 4.74. The Morgan fingerprint density at radius 2 is 1.86 bits per heavy atom. The summed E-state index contributed by atoms with van der Waals surface area (Å²) in [6.45, 7) is 1.47. The van der Waals surface area contributed by atoms with E-state index in [1.165, 1.54) is 0 Å². The minimum absolute atomic E-state index is 0.106. The second-order valence-corrected chi connectivity index (χ2v) is 6.80. The van der Waals surface area contributed by atoms with Crippen molar-refractivity contribution >= 4 is 11.6 Å². The molecule has 0 saturated carbocycles. The predicted octanol–water partition coefficient (Wildman–Crippen LogP) is 3.13. The molecule has 0 fully saturated rings. The van der Waals surface area contributed by atoms with E-state index < -0.39 is 0 Å². The highest BCUT2D eigenvalue weighted by molar-refractivity contribution is 5.93. The van der Waals surface area contributed by atoms with Crippen LogP contribution in [0.1, 0.15) is 21.6 Å². The highest BCUT2D eigenvalue weighted by Gasteiger charge is 2.15. The summed E-state index contributed by atoms with van der Waals surface area (Å²) in [5.74, 6) is 1.41. The van der Waals surface area contributed by atoms with Crippen LogP contribution >= 0.6 is 0 Å². The zero-order chi connectivity index (χ0) is 20.1. The number of amides is 1. The number of pyridine rings is 2. The van der Waals surface area contributed by atoms with Crippen molar-refractivity contribution in [2.45, 2.75) is 13.0 Å². The van der Waals surface area contributed by atoms with Crippen LogP contribution in [0.3, 0.4) is 0 Å². The van der Waals surface area contributed by atoms with Crippen molar-refractivity contribution < 1.29 is 14.3 Å². The van der Waals surface area contributed by atoms with E-state index in [1.807, 2.05) is 36.4 Å². The van der Waals surface area contributed by atoms with Gasteiger partial charge in [0.25, 0.3) is 5.91 Å². The Labute approximate surface area is 169 Å². The summed E-state index contributed by atoms with van der Waals surface area (Å²) < 4.78 is 10.7. The number of rotatable bonds is 7. The predicted molar refractivity (Wildman–Crippen MR) is 109 cm³/mol. The number of nitrogens with zero attached hydrogens (tertiary/aromatic N) is 3. The van der Waals surface area contributed by atoms with E-state index in [0.29, 0.717) is 18.8 Å². The lowest BCUT2D eigenvalue weighted by Crippen LogP contribution is -2.29. The van der Waals surface area contributed by atoms with Gasteiger partial charge in [-0.3, -0.25) is 14.8 Å². The number of hydrogen-bond acceptors (Lipinski definition) is 6. The summed E-state index contributed by atoms with van der Waals surface area (Å²) >= 11 is 0. The van der Waals surface area contributed by atoms with Gasteiger partial charge >= 0.3 is 0 Å². The van der Waals surface area contributed by atoms with E-state index in [1.54, 1.807) is 36.6 Å². The molecule has 7 heteroatoms. The van der Waals surface area contributed by atoms with E-state index in [9.17, 15) is 4.79 Å². The number of ether oxygens (including phenoxy) is 2. The van der Waals surface area contributed by atoms with Crippen LogP contribution in [0.25, 0.3) is 0 Å². The lowest BCUT2D eigenvalue weighted by atomic mass is 10.2. The number of fused-ring (bicyclic) bond motifs is 1. The topological polar surface area (TPSA) is 76.6 Å². The fourth-order valence-electron chi connectivity index (χ4n) is 3.06. The first-order valence-electron chi connectivity index (χ1n) is 9.42. The van der Waals surface area contributed by atoms with Crippen molar-refractivity contribution in [3.63, 3.8) is 0 Å². The molecule has 29 heavy (non-hydrogen) atoms. The zero-order valence-corrected chi connectivity index (χ0v) is 16.2. The lowest BCUT2D eigenvalue weighted by molar-refractivity contribution is 0.0791. The van der Waals surface area contributed by atoms with Gasteiger partial charge in [0.1, 0.15) is 5.69 Å². The quantitative estimate of drug-likeness (QED) is 0.668. The van der Waals surface area contributed by atoms with Crippen molar-refractivity contribution in [1.82, 2.24) is 14.9 Å². The van der Waals surface area contributed by atoms with Gasteiger partial charge in [-0.05, 0) is 53.9 Å². The molecule has 3 aromatic rings. The monoisotopic (exact) mass is 390 g/mol. The van der Waals surface area contributed by atoms with Gasteiger partial charge in [0.05, 0.1) is 0 Å². The fourth-order valence-corrected chi connectivity index (χ4v) is 3.06. The average molecular weight is 390 g/mol. The molecule has 0 spiro atoms. The summed E-state index contributed by atoms with van der Waals surface area (Å²) in [6, 6.07) is 13.4. The molecule has 0 bridgehead atoms. The molecule has 0 saturated heterocycles. The average Bonchev–Trinajstić information content (AvgIpc) is 3.24. The smallest absolute Gasteiger partial charge is 0.272 e. The number of carbonyl (C=O) groups is 1. The van der Waals surface area contributed by atoms with Crippen molar-refractivity contribution in [2.75, 3.05) is 25.7 Å². The van der Waals surface area contributed by atoms with E-state index in [4.69, 9.17) is 9.47 Å². The standard InChI is InChI=1S/C22H22N4O3/c1-26(11-7-16-4-8-23-9-5-16)22(27)19-13-18(6-10-24-19)25-14-17-2-3-20-21(12-17)29-15-28-20/h2-6,8-10,12-13H,7,11,14-15H2,1H3,(H,24,25). The molecule has 0 radical (unpaired) electrons. The first-order valence-corrected chi connectivity index (χ1v) is 9.42. The highest BCUT2D eigenvalue weighted by Crippen LogP contribution is 2.32. The van der Waals surface area contributed by atoms with Gasteiger partial charge in [0, 0.05) is 44.4 Å². The molecule has 1 aliphatic rings. The second kappa shape index (κ2) is 8.60. The summed E-state index contributed by atoms with van der Waals surface area (Å²) in [6.07, 6.45) is 5.93. The number of nitrogens with one attached hydrogen (secondary N) is 1. The summed E-state index contributed by atoms with van der Waals surface area (Å²) in [5, 5.41) is 3.33. The summed E-state index contributed by atoms with van der Waals surface area (Å²) in [5.41, 5.74) is 3.46. The molecule has 2 aromatic heterocycles. The largest absolute Gasteiger partial charge is 0.454 e. The molecular formula is C22H22N4O3. The third-order valence-electron chi connectivity index (χ3n) is 4.74. The maximum Gasteiger partial charge on any atom is 0.272 e. The van der Waals surface area contributed by atoms with Crippen LogP contribution in [0.15, 0.2) is 61.1 Å². The Balaban J connectivity index is 1.35. The third kappa shape index (κ3) is 4.63. The van der Waals surface area contributed by atoms with Crippen molar-refractivity contribution in [2.24, 2.45) is 0 Å². The van der Waals surface area contributed by atoms with Crippen molar-refractivity contribution in [1.29, 1.82) is 0 Å². The first kappa shape index (κ1) is 18.7. The number of carbonyl (C=O) groups excluding carboxylic acids is 1. The SMILES string of the molecule is CN(CCc1ccncc1)C(=O)c1cc(NCc2ccc3c(c2)OCO3)ccn1. The second-order valence-electron chi connectivity index (χ2n) is 6.80. The molecule has 0 atom stereocenters. The van der Waals surface area contributed by atoms with Crippen LogP contribution in [0.4, 0.5) is 5.69 Å². The molecule has 1 amide bonds. The van der Waals surface area contributed by atoms with Gasteiger partial charge in [-0.25, -0.2) is 0 Å². The molecule has 0 unspecified atom stereocenters. The molecule has 3 heterocycles. The van der Waals surface area contributed by atoms with Gasteiger partial charge in [0.15, 0.2) is 11.5 Å². The molecule has 4 rings (SSSR count). The number of anilines is 1. The minimum Gasteiger partial charge on any atom is -0.454 e. The Morgan fingerprint density at radius 1 is 1.03 bits per heavy atom. The van der Waals surface area contributed by atoms with Gasteiger partial charge in [-0.15, -0.1) is 0 Å². The maximum absolute atomic E-state index is 12.7.